The molecular weight excluding hydrogens is 248 g/mol. The predicted molar refractivity (Wildman–Crippen MR) is 73.0 cm³/mol. The Morgan fingerprint density at radius 3 is 2.53 bits per heavy atom. The van der Waals surface area contributed by atoms with E-state index >= 15 is 0 Å². The molecule has 6 heteroatoms. The first-order valence-electron chi connectivity index (χ1n) is 5.91. The highest BCUT2D eigenvalue weighted by Crippen LogP contribution is 2.31. The van der Waals surface area contributed by atoms with Gasteiger partial charge in [0.1, 0.15) is 6.04 Å². The Morgan fingerprint density at radius 2 is 2.00 bits per heavy atom. The minimum absolute atomic E-state index is 0.375. The lowest BCUT2D eigenvalue weighted by Gasteiger charge is -2.21. The zero-order chi connectivity index (χ0) is 14.4. The van der Waals surface area contributed by atoms with Crippen LogP contribution in [0.3, 0.4) is 0 Å². The van der Waals surface area contributed by atoms with Crippen molar-refractivity contribution < 1.29 is 19.4 Å². The number of aliphatic carboxylic acids is 1. The molecule has 0 saturated carbocycles. The maximum Gasteiger partial charge on any atom is 0.320 e. The molecule has 0 aromatic heterocycles. The summed E-state index contributed by atoms with van der Waals surface area (Å²) in [6.07, 6.45) is 0.375. The predicted octanol–water partition coefficient (Wildman–Crippen LogP) is 0.942. The Bertz CT molecular complexity index is 437. The van der Waals surface area contributed by atoms with Gasteiger partial charge in [-0.05, 0) is 18.6 Å². The van der Waals surface area contributed by atoms with Crippen LogP contribution in [-0.2, 0) is 4.79 Å². The summed E-state index contributed by atoms with van der Waals surface area (Å²) in [5.41, 5.74) is 6.39. The van der Waals surface area contributed by atoms with E-state index in [4.69, 9.17) is 20.3 Å². The van der Waals surface area contributed by atoms with Gasteiger partial charge in [-0.3, -0.25) is 4.79 Å². The number of carbonyl (C=O) groups is 1. The summed E-state index contributed by atoms with van der Waals surface area (Å²) < 4.78 is 10.4. The average Bonchev–Trinajstić information content (AvgIpc) is 2.43. The van der Waals surface area contributed by atoms with E-state index < -0.39 is 12.0 Å². The SMILES string of the molecule is COc1ccc(N(C)CCC(N)C(=O)O)cc1OC. The zero-order valence-electron chi connectivity index (χ0n) is 11.4. The Balaban J connectivity index is 2.71. The van der Waals surface area contributed by atoms with Gasteiger partial charge in [0.2, 0.25) is 0 Å². The van der Waals surface area contributed by atoms with Gasteiger partial charge < -0.3 is 25.2 Å². The largest absolute Gasteiger partial charge is 0.493 e. The highest BCUT2D eigenvalue weighted by molar-refractivity contribution is 5.73. The summed E-state index contributed by atoms with van der Waals surface area (Å²) in [5.74, 6) is 0.303. The van der Waals surface area contributed by atoms with Gasteiger partial charge in [-0.2, -0.15) is 0 Å². The summed E-state index contributed by atoms with van der Waals surface area (Å²) in [5, 5.41) is 8.74. The molecular formula is C13H20N2O4. The van der Waals surface area contributed by atoms with Gasteiger partial charge in [-0.1, -0.05) is 0 Å². The van der Waals surface area contributed by atoms with Crippen LogP contribution < -0.4 is 20.1 Å². The van der Waals surface area contributed by atoms with Gasteiger partial charge in [0.25, 0.3) is 0 Å². The van der Waals surface area contributed by atoms with Crippen LogP contribution >= 0.6 is 0 Å². The Kier molecular flexibility index (Phi) is 5.44. The summed E-state index contributed by atoms with van der Waals surface area (Å²) >= 11 is 0. The van der Waals surface area contributed by atoms with Crippen LogP contribution in [0.25, 0.3) is 0 Å². The van der Waals surface area contributed by atoms with E-state index in [9.17, 15) is 4.79 Å². The summed E-state index contributed by atoms with van der Waals surface area (Å²) in [6, 6.07) is 4.68. The smallest absolute Gasteiger partial charge is 0.320 e. The van der Waals surface area contributed by atoms with Crippen molar-refractivity contribution in [3.8, 4) is 11.5 Å². The second-order valence-corrected chi connectivity index (χ2v) is 4.19. The first-order valence-corrected chi connectivity index (χ1v) is 5.91. The lowest BCUT2D eigenvalue weighted by atomic mass is 10.2. The van der Waals surface area contributed by atoms with Crippen LogP contribution in [0.2, 0.25) is 0 Å². The minimum Gasteiger partial charge on any atom is -0.493 e. The van der Waals surface area contributed by atoms with E-state index in [0.717, 1.165) is 5.69 Å². The standard InChI is InChI=1S/C13H20N2O4/c1-15(7-6-10(14)13(16)17)9-4-5-11(18-2)12(8-9)19-3/h4-5,8,10H,6-7,14H2,1-3H3,(H,16,17). The monoisotopic (exact) mass is 268 g/mol. The fraction of sp³-hybridized carbons (Fsp3) is 0.462. The van der Waals surface area contributed by atoms with Crippen LogP contribution in [0, 0.1) is 0 Å². The number of nitrogens with zero attached hydrogens (tertiary/aromatic N) is 1. The molecule has 1 unspecified atom stereocenters. The van der Waals surface area contributed by atoms with Crippen molar-refractivity contribution in [1.82, 2.24) is 0 Å². The molecule has 1 aromatic carbocycles. The Morgan fingerprint density at radius 1 is 1.37 bits per heavy atom. The van der Waals surface area contributed by atoms with E-state index in [1.807, 2.05) is 30.1 Å². The maximum atomic E-state index is 10.7. The zero-order valence-corrected chi connectivity index (χ0v) is 11.4. The van der Waals surface area contributed by atoms with Gasteiger partial charge in [0, 0.05) is 25.3 Å². The van der Waals surface area contributed by atoms with Crippen molar-refractivity contribution in [2.24, 2.45) is 5.73 Å². The number of rotatable bonds is 7. The molecule has 3 N–H and O–H groups in total. The number of methoxy groups -OCH3 is 2. The number of hydrogen-bond acceptors (Lipinski definition) is 5. The molecule has 6 nitrogen and oxygen atoms in total. The number of carboxylic acids is 1. The van der Waals surface area contributed by atoms with Crippen molar-refractivity contribution in [3.05, 3.63) is 18.2 Å². The van der Waals surface area contributed by atoms with Crippen LogP contribution in [0.15, 0.2) is 18.2 Å². The molecule has 1 atom stereocenters. The third-order valence-corrected chi connectivity index (χ3v) is 2.90. The van der Waals surface area contributed by atoms with Gasteiger partial charge in [-0.15, -0.1) is 0 Å². The Hall–Kier alpha value is -1.95. The van der Waals surface area contributed by atoms with Crippen LogP contribution in [0.4, 0.5) is 5.69 Å². The fourth-order valence-electron chi connectivity index (χ4n) is 1.65. The molecule has 0 saturated heterocycles. The van der Waals surface area contributed by atoms with Gasteiger partial charge >= 0.3 is 5.97 Å². The third kappa shape index (κ3) is 4.03. The number of nitrogens with two attached hydrogens (primary N) is 1. The van der Waals surface area contributed by atoms with E-state index in [-0.39, 0.29) is 0 Å². The van der Waals surface area contributed by atoms with Gasteiger partial charge in [0.05, 0.1) is 14.2 Å². The van der Waals surface area contributed by atoms with E-state index in [1.165, 1.54) is 0 Å². The number of carboxylic acid groups (broad SMARTS) is 1. The van der Waals surface area contributed by atoms with E-state index in [1.54, 1.807) is 14.2 Å². The summed E-state index contributed by atoms with van der Waals surface area (Å²) in [6.45, 7) is 0.545. The normalized spacial score (nSPS) is 11.8. The number of anilines is 1. The lowest BCUT2D eigenvalue weighted by Crippen LogP contribution is -2.34. The minimum atomic E-state index is -0.985. The fourth-order valence-corrected chi connectivity index (χ4v) is 1.65. The third-order valence-electron chi connectivity index (χ3n) is 2.90. The maximum absolute atomic E-state index is 10.7. The van der Waals surface area contributed by atoms with Crippen LogP contribution in [0.1, 0.15) is 6.42 Å². The van der Waals surface area contributed by atoms with Gasteiger partial charge in [-0.25, -0.2) is 0 Å². The highest BCUT2D eigenvalue weighted by atomic mass is 16.5. The molecule has 0 aliphatic heterocycles. The van der Waals surface area contributed by atoms with Crippen molar-refractivity contribution >= 4 is 11.7 Å². The van der Waals surface area contributed by atoms with Crippen LogP contribution in [0.5, 0.6) is 11.5 Å². The van der Waals surface area contributed by atoms with Crippen molar-refractivity contribution in [2.45, 2.75) is 12.5 Å². The average molecular weight is 268 g/mol. The second kappa shape index (κ2) is 6.84. The molecule has 0 aliphatic carbocycles. The second-order valence-electron chi connectivity index (χ2n) is 4.19. The van der Waals surface area contributed by atoms with Crippen molar-refractivity contribution in [3.63, 3.8) is 0 Å². The molecule has 0 amide bonds. The number of benzene rings is 1. The molecule has 1 aromatic rings. The molecule has 19 heavy (non-hydrogen) atoms. The van der Waals surface area contributed by atoms with Crippen molar-refractivity contribution in [1.29, 1.82) is 0 Å². The number of ether oxygens (including phenoxy) is 2. The Labute approximate surface area is 112 Å². The summed E-state index contributed by atoms with van der Waals surface area (Å²) in [7, 11) is 5.02. The lowest BCUT2D eigenvalue weighted by molar-refractivity contribution is -0.138. The number of hydrogen-bond donors (Lipinski definition) is 2. The van der Waals surface area contributed by atoms with Gasteiger partial charge in [0.15, 0.2) is 11.5 Å². The molecule has 0 spiro atoms. The molecule has 0 bridgehead atoms. The molecule has 0 radical (unpaired) electrons. The van der Waals surface area contributed by atoms with Crippen molar-refractivity contribution in [2.75, 3.05) is 32.7 Å². The first-order chi connectivity index (χ1) is 8.99. The van der Waals surface area contributed by atoms with E-state index in [2.05, 4.69) is 0 Å². The molecule has 0 heterocycles. The topological polar surface area (TPSA) is 85.0 Å². The highest BCUT2D eigenvalue weighted by Gasteiger charge is 2.13. The molecule has 0 aliphatic rings. The molecule has 0 fully saturated rings. The first kappa shape index (κ1) is 15.1. The molecule has 106 valence electrons. The molecule has 1 rings (SSSR count). The summed E-state index contributed by atoms with van der Waals surface area (Å²) in [4.78, 5) is 12.6. The quantitative estimate of drug-likeness (QED) is 0.765. The van der Waals surface area contributed by atoms with E-state index in [0.29, 0.717) is 24.5 Å². The van der Waals surface area contributed by atoms with Crippen LogP contribution in [-0.4, -0.2) is 44.9 Å².